The van der Waals surface area contributed by atoms with Crippen LogP contribution in [0.2, 0.25) is 0 Å². The molecular weight excluding hydrogens is 331 g/mol. The molecule has 1 amide bonds. The number of nitrogens with one attached hydrogen (secondary N) is 1. The predicted octanol–water partition coefficient (Wildman–Crippen LogP) is 3.65. The fourth-order valence-corrected chi connectivity index (χ4v) is 2.71. The van der Waals surface area contributed by atoms with Crippen LogP contribution in [0.4, 0.5) is 4.39 Å². The summed E-state index contributed by atoms with van der Waals surface area (Å²) in [7, 11) is 1.84. The molecule has 5 heteroatoms. The molecule has 1 atom stereocenters. The molecule has 0 spiro atoms. The van der Waals surface area contributed by atoms with Crippen molar-refractivity contribution in [2.75, 3.05) is 26.7 Å². The standard InChI is InChI=1S/C21H27FN2O2/c1-16(2)21(17-9-5-4-6-10-17)23-20(25)15-24(3)13-14-26-19-12-8-7-11-18(19)22/h4-12,16,21H,13-15H2,1-3H3,(H,23,25). The van der Waals surface area contributed by atoms with E-state index in [0.29, 0.717) is 13.2 Å². The Hall–Kier alpha value is -2.40. The van der Waals surface area contributed by atoms with Crippen LogP contribution in [0.25, 0.3) is 0 Å². The first-order valence-electron chi connectivity index (χ1n) is 8.87. The highest BCUT2D eigenvalue weighted by Crippen LogP contribution is 2.21. The lowest BCUT2D eigenvalue weighted by Gasteiger charge is -2.24. The van der Waals surface area contributed by atoms with E-state index in [1.54, 1.807) is 18.2 Å². The molecule has 26 heavy (non-hydrogen) atoms. The molecular formula is C21H27FN2O2. The summed E-state index contributed by atoms with van der Waals surface area (Å²) in [6, 6.07) is 16.2. The number of carbonyl (C=O) groups excluding carboxylic acids is 1. The molecule has 2 rings (SSSR count). The van der Waals surface area contributed by atoms with E-state index >= 15 is 0 Å². The third-order valence-corrected chi connectivity index (χ3v) is 4.12. The van der Waals surface area contributed by atoms with E-state index in [1.165, 1.54) is 6.07 Å². The Kier molecular flexibility index (Phi) is 7.60. The maximum Gasteiger partial charge on any atom is 0.234 e. The summed E-state index contributed by atoms with van der Waals surface area (Å²) < 4.78 is 18.9. The van der Waals surface area contributed by atoms with E-state index in [9.17, 15) is 9.18 Å². The molecule has 1 N–H and O–H groups in total. The van der Waals surface area contributed by atoms with Crippen molar-refractivity contribution in [2.24, 2.45) is 5.92 Å². The van der Waals surface area contributed by atoms with Crippen LogP contribution in [-0.4, -0.2) is 37.6 Å². The highest BCUT2D eigenvalue weighted by molar-refractivity contribution is 5.78. The van der Waals surface area contributed by atoms with Crippen molar-refractivity contribution in [3.05, 3.63) is 66.0 Å². The molecule has 0 saturated carbocycles. The second kappa shape index (κ2) is 9.92. The first-order chi connectivity index (χ1) is 12.5. The second-order valence-electron chi connectivity index (χ2n) is 6.72. The largest absolute Gasteiger partial charge is 0.489 e. The molecule has 0 aromatic heterocycles. The average Bonchev–Trinajstić information content (AvgIpc) is 2.62. The molecule has 0 fully saturated rings. The molecule has 140 valence electrons. The van der Waals surface area contributed by atoms with Gasteiger partial charge in [-0.1, -0.05) is 56.3 Å². The van der Waals surface area contributed by atoms with Crippen molar-refractivity contribution in [2.45, 2.75) is 19.9 Å². The third kappa shape index (κ3) is 6.15. The number of para-hydroxylation sites is 1. The zero-order chi connectivity index (χ0) is 18.9. The molecule has 0 aliphatic heterocycles. The van der Waals surface area contributed by atoms with Gasteiger partial charge >= 0.3 is 0 Å². The van der Waals surface area contributed by atoms with E-state index in [-0.39, 0.29) is 36.0 Å². The Bertz CT molecular complexity index is 691. The van der Waals surface area contributed by atoms with Crippen LogP contribution < -0.4 is 10.1 Å². The minimum absolute atomic E-state index is 0.0215. The van der Waals surface area contributed by atoms with E-state index in [2.05, 4.69) is 19.2 Å². The van der Waals surface area contributed by atoms with Crippen molar-refractivity contribution in [1.29, 1.82) is 0 Å². The monoisotopic (exact) mass is 358 g/mol. The Labute approximate surface area is 155 Å². The minimum atomic E-state index is -0.379. The number of hydrogen-bond donors (Lipinski definition) is 1. The number of amides is 1. The third-order valence-electron chi connectivity index (χ3n) is 4.12. The number of nitrogens with zero attached hydrogens (tertiary/aromatic N) is 1. The van der Waals surface area contributed by atoms with Crippen LogP contribution in [-0.2, 0) is 4.79 Å². The van der Waals surface area contributed by atoms with Crippen molar-refractivity contribution < 1.29 is 13.9 Å². The Morgan fingerprint density at radius 2 is 1.77 bits per heavy atom. The van der Waals surface area contributed by atoms with Gasteiger partial charge in [0.1, 0.15) is 6.61 Å². The summed E-state index contributed by atoms with van der Waals surface area (Å²) in [6.07, 6.45) is 0. The molecule has 0 saturated heterocycles. The zero-order valence-electron chi connectivity index (χ0n) is 15.6. The quantitative estimate of drug-likeness (QED) is 0.744. The smallest absolute Gasteiger partial charge is 0.234 e. The SMILES string of the molecule is CC(C)C(NC(=O)CN(C)CCOc1ccccc1F)c1ccccc1. The zero-order valence-corrected chi connectivity index (χ0v) is 15.6. The van der Waals surface area contributed by atoms with E-state index in [4.69, 9.17) is 4.74 Å². The number of carbonyl (C=O) groups is 1. The lowest BCUT2D eigenvalue weighted by Crippen LogP contribution is -2.40. The molecule has 4 nitrogen and oxygen atoms in total. The predicted molar refractivity (Wildman–Crippen MR) is 102 cm³/mol. The van der Waals surface area contributed by atoms with Crippen molar-refractivity contribution in [3.8, 4) is 5.75 Å². The van der Waals surface area contributed by atoms with Crippen LogP contribution in [0.5, 0.6) is 5.75 Å². The highest BCUT2D eigenvalue weighted by atomic mass is 19.1. The summed E-state index contributed by atoms with van der Waals surface area (Å²) >= 11 is 0. The first kappa shape index (κ1) is 19.9. The molecule has 2 aromatic carbocycles. The summed E-state index contributed by atoms with van der Waals surface area (Å²) in [5.74, 6) is 0.0989. The lowest BCUT2D eigenvalue weighted by atomic mass is 9.96. The van der Waals surface area contributed by atoms with Gasteiger partial charge < -0.3 is 10.1 Å². The number of likely N-dealkylation sites (N-methyl/N-ethyl adjacent to an activating group) is 1. The molecule has 1 unspecified atom stereocenters. The van der Waals surface area contributed by atoms with Gasteiger partial charge in [0, 0.05) is 6.54 Å². The summed E-state index contributed by atoms with van der Waals surface area (Å²) in [6.45, 7) is 5.28. The fourth-order valence-electron chi connectivity index (χ4n) is 2.71. The van der Waals surface area contributed by atoms with Crippen LogP contribution in [0.1, 0.15) is 25.5 Å². The van der Waals surface area contributed by atoms with Gasteiger partial charge in [0.05, 0.1) is 12.6 Å². The van der Waals surface area contributed by atoms with Gasteiger partial charge in [0.2, 0.25) is 5.91 Å². The van der Waals surface area contributed by atoms with Gasteiger partial charge in [0.15, 0.2) is 11.6 Å². The van der Waals surface area contributed by atoms with Gasteiger partial charge in [-0.25, -0.2) is 4.39 Å². The minimum Gasteiger partial charge on any atom is -0.489 e. The maximum atomic E-state index is 13.5. The molecule has 0 bridgehead atoms. The van der Waals surface area contributed by atoms with E-state index < -0.39 is 0 Å². The average molecular weight is 358 g/mol. The van der Waals surface area contributed by atoms with Crippen LogP contribution in [0, 0.1) is 11.7 Å². The van der Waals surface area contributed by atoms with Crippen LogP contribution in [0.3, 0.4) is 0 Å². The number of ether oxygens (including phenoxy) is 1. The summed E-state index contributed by atoms with van der Waals surface area (Å²) in [5.41, 5.74) is 1.10. The molecule has 2 aromatic rings. The van der Waals surface area contributed by atoms with Gasteiger partial charge in [0.25, 0.3) is 0 Å². The number of benzene rings is 2. The second-order valence-corrected chi connectivity index (χ2v) is 6.72. The van der Waals surface area contributed by atoms with Gasteiger partial charge in [-0.2, -0.15) is 0 Å². The number of rotatable bonds is 9. The molecule has 0 aliphatic rings. The first-order valence-corrected chi connectivity index (χ1v) is 8.87. The topological polar surface area (TPSA) is 41.6 Å². The maximum absolute atomic E-state index is 13.5. The Morgan fingerprint density at radius 3 is 2.42 bits per heavy atom. The number of halogens is 1. The van der Waals surface area contributed by atoms with E-state index in [0.717, 1.165) is 5.56 Å². The molecule has 0 radical (unpaired) electrons. The Morgan fingerprint density at radius 1 is 1.12 bits per heavy atom. The normalized spacial score (nSPS) is 12.2. The lowest BCUT2D eigenvalue weighted by molar-refractivity contribution is -0.123. The van der Waals surface area contributed by atoms with Gasteiger partial charge in [-0.3, -0.25) is 9.69 Å². The Balaban J connectivity index is 1.79. The molecule has 0 heterocycles. The molecule has 0 aliphatic carbocycles. The van der Waals surface area contributed by atoms with Gasteiger partial charge in [-0.05, 0) is 30.7 Å². The van der Waals surface area contributed by atoms with Crippen molar-refractivity contribution in [3.63, 3.8) is 0 Å². The fraction of sp³-hybridized carbons (Fsp3) is 0.381. The van der Waals surface area contributed by atoms with Crippen LogP contribution >= 0.6 is 0 Å². The van der Waals surface area contributed by atoms with E-state index in [1.807, 2.05) is 42.3 Å². The number of hydrogen-bond acceptors (Lipinski definition) is 3. The van der Waals surface area contributed by atoms with Crippen molar-refractivity contribution >= 4 is 5.91 Å². The highest BCUT2D eigenvalue weighted by Gasteiger charge is 2.18. The summed E-state index contributed by atoms with van der Waals surface area (Å²) in [5, 5.41) is 3.10. The summed E-state index contributed by atoms with van der Waals surface area (Å²) in [4.78, 5) is 14.2. The van der Waals surface area contributed by atoms with Gasteiger partial charge in [-0.15, -0.1) is 0 Å². The van der Waals surface area contributed by atoms with Crippen molar-refractivity contribution in [1.82, 2.24) is 10.2 Å². The van der Waals surface area contributed by atoms with Crippen LogP contribution in [0.15, 0.2) is 54.6 Å².